The van der Waals surface area contributed by atoms with Gasteiger partial charge in [-0.3, -0.25) is 0 Å². The monoisotopic (exact) mass is 209 g/mol. The summed E-state index contributed by atoms with van der Waals surface area (Å²) in [5.41, 5.74) is 0. The maximum atomic E-state index is 3.55. The summed E-state index contributed by atoms with van der Waals surface area (Å²) < 4.78 is 0. The van der Waals surface area contributed by atoms with Crippen molar-refractivity contribution in [1.82, 2.24) is 5.32 Å². The van der Waals surface area contributed by atoms with E-state index in [0.29, 0.717) is 0 Å². The maximum absolute atomic E-state index is 3.55. The van der Waals surface area contributed by atoms with E-state index in [2.05, 4.69) is 30.9 Å². The molecule has 0 aliphatic carbocycles. The Bertz CT molecular complexity index is 103. The summed E-state index contributed by atoms with van der Waals surface area (Å²) in [4.78, 5) is 0. The number of rotatable bonds is 3. The lowest BCUT2D eigenvalue weighted by Crippen LogP contribution is -2.36. The number of hydrogen-bond acceptors (Lipinski definition) is 2. The van der Waals surface area contributed by atoms with Gasteiger partial charge in [-0.05, 0) is 24.6 Å². The molecule has 0 spiro atoms. The highest BCUT2D eigenvalue weighted by Crippen LogP contribution is 2.15. The van der Waals surface area contributed by atoms with Crippen LogP contribution in [0.3, 0.4) is 0 Å². The average Bonchev–Trinajstić information content (AvgIpc) is 2.03. The van der Waals surface area contributed by atoms with Crippen LogP contribution in [-0.2, 0) is 0 Å². The van der Waals surface area contributed by atoms with Gasteiger partial charge in [0, 0.05) is 11.8 Å². The zero-order valence-corrected chi connectivity index (χ0v) is 9.64. The van der Waals surface area contributed by atoms with Gasteiger partial charge < -0.3 is 5.32 Å². The van der Waals surface area contributed by atoms with Gasteiger partial charge in [0.2, 0.25) is 0 Å². The average molecular weight is 210 g/mol. The predicted molar refractivity (Wildman–Crippen MR) is 60.5 cm³/mol. The fourth-order valence-corrected chi connectivity index (χ4v) is 2.28. The molecule has 1 saturated heterocycles. The summed E-state index contributed by atoms with van der Waals surface area (Å²) in [6.07, 6.45) is 4.19. The first-order chi connectivity index (χ1) is 5.29. The number of piperidine rings is 1. The van der Waals surface area contributed by atoms with Gasteiger partial charge in [-0.25, -0.2) is 0 Å². The van der Waals surface area contributed by atoms with Crippen molar-refractivity contribution in [1.29, 1.82) is 0 Å². The van der Waals surface area contributed by atoms with Crippen LogP contribution in [0, 0.1) is 0 Å². The largest absolute Gasteiger partial charge is 0.313 e. The Morgan fingerprint density at radius 2 is 2.17 bits per heavy atom. The molecule has 1 fully saturated rings. The fraction of sp³-hybridized carbons (Fsp3) is 1.00. The van der Waals surface area contributed by atoms with Crippen molar-refractivity contribution in [3.8, 4) is 0 Å². The Balaban J connectivity index is 0.00000121. The lowest BCUT2D eigenvalue weighted by molar-refractivity contribution is 0.429. The molecule has 0 aromatic carbocycles. The molecule has 0 aromatic heterocycles. The highest BCUT2D eigenvalue weighted by Gasteiger charge is 2.12. The van der Waals surface area contributed by atoms with Gasteiger partial charge in [-0.15, -0.1) is 12.4 Å². The minimum atomic E-state index is 0. The Morgan fingerprint density at radius 1 is 1.42 bits per heavy atom. The third-order valence-corrected chi connectivity index (χ3v) is 3.30. The van der Waals surface area contributed by atoms with E-state index in [4.69, 9.17) is 0 Å². The molecule has 12 heavy (non-hydrogen) atoms. The Labute approximate surface area is 86.5 Å². The SMILES string of the molecule is CC(C)SCC1CCCCN1.Cl. The molecule has 0 saturated carbocycles. The van der Waals surface area contributed by atoms with Crippen LogP contribution in [0.15, 0.2) is 0 Å². The molecule has 0 aromatic rings. The normalized spacial score (nSPS) is 23.8. The van der Waals surface area contributed by atoms with Crippen LogP contribution in [0.2, 0.25) is 0 Å². The third-order valence-electron chi connectivity index (χ3n) is 2.04. The van der Waals surface area contributed by atoms with Crippen LogP contribution in [-0.4, -0.2) is 23.6 Å². The second-order valence-electron chi connectivity index (χ2n) is 3.53. The molecule has 0 amide bonds. The second kappa shape index (κ2) is 7.05. The minimum absolute atomic E-state index is 0. The smallest absolute Gasteiger partial charge is 0.0158 e. The number of nitrogens with one attached hydrogen (secondary N) is 1. The molecule has 74 valence electrons. The van der Waals surface area contributed by atoms with Crippen LogP contribution in [0.5, 0.6) is 0 Å². The molecule has 3 heteroatoms. The van der Waals surface area contributed by atoms with E-state index in [1.807, 2.05) is 0 Å². The van der Waals surface area contributed by atoms with E-state index in [9.17, 15) is 0 Å². The third kappa shape index (κ3) is 5.28. The maximum Gasteiger partial charge on any atom is 0.0158 e. The zero-order chi connectivity index (χ0) is 8.10. The first-order valence-corrected chi connectivity index (χ1v) is 5.69. The molecule has 0 radical (unpaired) electrons. The Hall–Kier alpha value is 0.600. The van der Waals surface area contributed by atoms with Crippen LogP contribution >= 0.6 is 24.2 Å². The molecule has 1 nitrogen and oxygen atoms in total. The molecule has 1 rings (SSSR count). The van der Waals surface area contributed by atoms with Gasteiger partial charge in [0.25, 0.3) is 0 Å². The highest BCUT2D eigenvalue weighted by molar-refractivity contribution is 7.99. The minimum Gasteiger partial charge on any atom is -0.313 e. The zero-order valence-electron chi connectivity index (χ0n) is 8.01. The summed E-state index contributed by atoms with van der Waals surface area (Å²) >= 11 is 2.08. The summed E-state index contributed by atoms with van der Waals surface area (Å²) in [5, 5.41) is 4.34. The quantitative estimate of drug-likeness (QED) is 0.767. The molecule has 1 aliphatic rings. The summed E-state index contributed by atoms with van der Waals surface area (Å²) in [6, 6.07) is 0.802. The van der Waals surface area contributed by atoms with Crippen molar-refractivity contribution in [2.24, 2.45) is 0 Å². The molecule has 1 N–H and O–H groups in total. The van der Waals surface area contributed by atoms with Crippen molar-refractivity contribution < 1.29 is 0 Å². The number of hydrogen-bond donors (Lipinski definition) is 1. The van der Waals surface area contributed by atoms with E-state index in [1.54, 1.807) is 0 Å². The van der Waals surface area contributed by atoms with E-state index >= 15 is 0 Å². The van der Waals surface area contributed by atoms with Crippen molar-refractivity contribution in [2.45, 2.75) is 44.4 Å². The van der Waals surface area contributed by atoms with Gasteiger partial charge in [0.1, 0.15) is 0 Å². The van der Waals surface area contributed by atoms with E-state index in [0.717, 1.165) is 11.3 Å². The standard InChI is InChI=1S/C9H19NS.ClH/c1-8(2)11-7-9-5-3-4-6-10-9;/h8-10H,3-7H2,1-2H3;1H. The fourth-order valence-electron chi connectivity index (χ4n) is 1.37. The second-order valence-corrected chi connectivity index (χ2v) is 5.14. The number of halogens is 1. The molecular formula is C9H20ClNS. The van der Waals surface area contributed by atoms with Gasteiger partial charge in [0.15, 0.2) is 0 Å². The molecule has 1 atom stereocenters. The van der Waals surface area contributed by atoms with Gasteiger partial charge in [0.05, 0.1) is 0 Å². The van der Waals surface area contributed by atoms with Crippen molar-refractivity contribution >= 4 is 24.2 Å². The van der Waals surface area contributed by atoms with E-state index < -0.39 is 0 Å². The predicted octanol–water partition coefficient (Wildman–Crippen LogP) is 2.69. The van der Waals surface area contributed by atoms with Gasteiger partial charge in [-0.2, -0.15) is 11.8 Å². The van der Waals surface area contributed by atoms with Gasteiger partial charge >= 0.3 is 0 Å². The molecule has 1 aliphatic heterocycles. The Kier molecular flexibility index (Phi) is 7.40. The van der Waals surface area contributed by atoms with Crippen LogP contribution in [0.4, 0.5) is 0 Å². The highest BCUT2D eigenvalue weighted by atomic mass is 35.5. The topological polar surface area (TPSA) is 12.0 Å². The first-order valence-electron chi connectivity index (χ1n) is 4.64. The molecule has 1 heterocycles. The lowest BCUT2D eigenvalue weighted by Gasteiger charge is -2.23. The summed E-state index contributed by atoms with van der Waals surface area (Å²) in [6.45, 7) is 5.78. The van der Waals surface area contributed by atoms with E-state index in [1.165, 1.54) is 31.6 Å². The first kappa shape index (κ1) is 12.6. The van der Waals surface area contributed by atoms with Crippen LogP contribution < -0.4 is 5.32 Å². The van der Waals surface area contributed by atoms with Crippen LogP contribution in [0.25, 0.3) is 0 Å². The van der Waals surface area contributed by atoms with Crippen LogP contribution in [0.1, 0.15) is 33.1 Å². The Morgan fingerprint density at radius 3 is 2.67 bits per heavy atom. The lowest BCUT2D eigenvalue weighted by atomic mass is 10.1. The summed E-state index contributed by atoms with van der Waals surface area (Å²) in [5.74, 6) is 1.30. The van der Waals surface area contributed by atoms with Crippen molar-refractivity contribution in [3.05, 3.63) is 0 Å². The van der Waals surface area contributed by atoms with E-state index in [-0.39, 0.29) is 12.4 Å². The van der Waals surface area contributed by atoms with Gasteiger partial charge in [-0.1, -0.05) is 20.3 Å². The molecule has 1 unspecified atom stereocenters. The summed E-state index contributed by atoms with van der Waals surface area (Å²) in [7, 11) is 0. The molecule has 0 bridgehead atoms. The van der Waals surface area contributed by atoms with Crippen molar-refractivity contribution in [3.63, 3.8) is 0 Å². The molecular weight excluding hydrogens is 190 g/mol. The number of thioether (sulfide) groups is 1. The van der Waals surface area contributed by atoms with Crippen molar-refractivity contribution in [2.75, 3.05) is 12.3 Å².